The van der Waals surface area contributed by atoms with Gasteiger partial charge in [-0.25, -0.2) is 0 Å². The topological polar surface area (TPSA) is 46.2 Å². The van der Waals surface area contributed by atoms with Crippen LogP contribution >= 0.6 is 35.6 Å². The summed E-state index contributed by atoms with van der Waals surface area (Å²) in [7, 11) is 0. The first kappa shape index (κ1) is 17.3. The standard InChI is InChI=1S/C15H15Cl2NO.ClH/c16-11-6-7-12(13(17)9-11)15(18)14(19)8-10-4-2-1-3-5-10;/h1-7,9,14-15,19H,8,18H2;1H/t14-,15+;/m0./s1. The Morgan fingerprint density at radius 1 is 1.05 bits per heavy atom. The highest BCUT2D eigenvalue weighted by molar-refractivity contribution is 6.35. The maximum absolute atomic E-state index is 10.2. The molecular weight excluding hydrogens is 317 g/mol. The molecule has 0 aliphatic carbocycles. The van der Waals surface area contributed by atoms with Crippen molar-refractivity contribution < 1.29 is 5.11 Å². The minimum atomic E-state index is -0.693. The summed E-state index contributed by atoms with van der Waals surface area (Å²) in [6.45, 7) is 0. The number of halogens is 3. The largest absolute Gasteiger partial charge is 0.391 e. The molecule has 3 N–H and O–H groups in total. The van der Waals surface area contributed by atoms with Gasteiger partial charge in [-0.3, -0.25) is 0 Å². The van der Waals surface area contributed by atoms with Crippen molar-refractivity contribution >= 4 is 35.6 Å². The lowest BCUT2D eigenvalue weighted by Crippen LogP contribution is -2.28. The van der Waals surface area contributed by atoms with E-state index < -0.39 is 12.1 Å². The number of hydrogen-bond donors (Lipinski definition) is 2. The Hall–Kier alpha value is -0.770. The van der Waals surface area contributed by atoms with Crippen LogP contribution in [0.15, 0.2) is 48.5 Å². The summed E-state index contributed by atoms with van der Waals surface area (Å²) in [5.41, 5.74) is 7.80. The Bertz CT molecular complexity index is 548. The van der Waals surface area contributed by atoms with E-state index in [9.17, 15) is 5.11 Å². The first-order chi connectivity index (χ1) is 9.08. The van der Waals surface area contributed by atoms with Crippen molar-refractivity contribution in [2.45, 2.75) is 18.6 Å². The van der Waals surface area contributed by atoms with Gasteiger partial charge < -0.3 is 10.8 Å². The molecule has 0 bridgehead atoms. The molecule has 0 unspecified atom stereocenters. The van der Waals surface area contributed by atoms with Crippen LogP contribution in [0.25, 0.3) is 0 Å². The minimum absolute atomic E-state index is 0. The molecule has 2 nitrogen and oxygen atoms in total. The van der Waals surface area contributed by atoms with E-state index in [1.807, 2.05) is 30.3 Å². The normalized spacial score (nSPS) is 13.4. The lowest BCUT2D eigenvalue weighted by atomic mass is 9.97. The zero-order chi connectivity index (χ0) is 13.8. The minimum Gasteiger partial charge on any atom is -0.391 e. The number of hydrogen-bond acceptors (Lipinski definition) is 2. The van der Waals surface area contributed by atoms with Crippen molar-refractivity contribution in [2.75, 3.05) is 0 Å². The quantitative estimate of drug-likeness (QED) is 0.888. The highest BCUT2D eigenvalue weighted by Crippen LogP contribution is 2.27. The Balaban J connectivity index is 0.00000200. The second-order valence-corrected chi connectivity index (χ2v) is 5.29. The summed E-state index contributed by atoms with van der Waals surface area (Å²) >= 11 is 11.9. The van der Waals surface area contributed by atoms with E-state index >= 15 is 0 Å². The molecule has 0 spiro atoms. The van der Waals surface area contributed by atoms with E-state index in [-0.39, 0.29) is 12.4 Å². The van der Waals surface area contributed by atoms with Gasteiger partial charge in [0.25, 0.3) is 0 Å². The van der Waals surface area contributed by atoms with Crippen LogP contribution < -0.4 is 5.73 Å². The highest BCUT2D eigenvalue weighted by atomic mass is 35.5. The lowest BCUT2D eigenvalue weighted by Gasteiger charge is -2.20. The molecule has 0 saturated carbocycles. The molecule has 2 aromatic carbocycles. The molecule has 0 fully saturated rings. The predicted molar refractivity (Wildman–Crippen MR) is 86.8 cm³/mol. The van der Waals surface area contributed by atoms with Gasteiger partial charge in [-0.05, 0) is 23.3 Å². The van der Waals surface area contributed by atoms with Gasteiger partial charge in [0.15, 0.2) is 0 Å². The van der Waals surface area contributed by atoms with Crippen molar-refractivity contribution in [1.29, 1.82) is 0 Å². The Morgan fingerprint density at radius 2 is 1.70 bits per heavy atom. The molecule has 0 aromatic heterocycles. The van der Waals surface area contributed by atoms with Gasteiger partial charge in [-0.1, -0.05) is 59.6 Å². The van der Waals surface area contributed by atoms with Gasteiger partial charge in [0.05, 0.1) is 12.1 Å². The fourth-order valence-corrected chi connectivity index (χ4v) is 2.50. The van der Waals surface area contributed by atoms with Gasteiger partial charge in [0.2, 0.25) is 0 Å². The molecule has 108 valence electrons. The summed E-state index contributed by atoms with van der Waals surface area (Å²) in [5, 5.41) is 11.2. The fourth-order valence-electron chi connectivity index (χ4n) is 1.96. The summed E-state index contributed by atoms with van der Waals surface area (Å²) in [5.74, 6) is 0. The van der Waals surface area contributed by atoms with E-state index in [0.717, 1.165) is 5.56 Å². The van der Waals surface area contributed by atoms with Crippen LogP contribution in [0.3, 0.4) is 0 Å². The molecule has 20 heavy (non-hydrogen) atoms. The van der Waals surface area contributed by atoms with Crippen molar-refractivity contribution in [1.82, 2.24) is 0 Å². The average Bonchev–Trinajstić information content (AvgIpc) is 2.39. The van der Waals surface area contributed by atoms with Crippen molar-refractivity contribution in [3.8, 4) is 0 Å². The van der Waals surface area contributed by atoms with E-state index in [1.165, 1.54) is 0 Å². The monoisotopic (exact) mass is 331 g/mol. The van der Waals surface area contributed by atoms with Gasteiger partial charge in [0.1, 0.15) is 0 Å². The lowest BCUT2D eigenvalue weighted by molar-refractivity contribution is 0.145. The highest BCUT2D eigenvalue weighted by Gasteiger charge is 2.19. The zero-order valence-electron chi connectivity index (χ0n) is 10.7. The summed E-state index contributed by atoms with van der Waals surface area (Å²) in [4.78, 5) is 0. The Kier molecular flexibility index (Phi) is 6.80. The second-order valence-electron chi connectivity index (χ2n) is 4.45. The van der Waals surface area contributed by atoms with Gasteiger partial charge >= 0.3 is 0 Å². The number of aliphatic hydroxyl groups excluding tert-OH is 1. The first-order valence-corrected chi connectivity index (χ1v) is 6.76. The molecule has 0 radical (unpaired) electrons. The third-order valence-electron chi connectivity index (χ3n) is 3.02. The summed E-state index contributed by atoms with van der Waals surface area (Å²) in [6, 6.07) is 14.3. The van der Waals surface area contributed by atoms with Crippen LogP contribution in [-0.4, -0.2) is 11.2 Å². The molecule has 0 amide bonds. The van der Waals surface area contributed by atoms with Crippen molar-refractivity contribution in [3.63, 3.8) is 0 Å². The van der Waals surface area contributed by atoms with Crippen LogP contribution in [-0.2, 0) is 6.42 Å². The van der Waals surface area contributed by atoms with Crippen LogP contribution in [0.2, 0.25) is 10.0 Å². The summed E-state index contributed by atoms with van der Waals surface area (Å²) < 4.78 is 0. The predicted octanol–water partition coefficient (Wildman–Crippen LogP) is 4.02. The van der Waals surface area contributed by atoms with E-state index in [2.05, 4.69) is 0 Å². The van der Waals surface area contributed by atoms with Crippen molar-refractivity contribution in [3.05, 3.63) is 69.7 Å². The third kappa shape index (κ3) is 4.37. The zero-order valence-corrected chi connectivity index (χ0v) is 13.0. The maximum atomic E-state index is 10.2. The molecule has 0 aliphatic heterocycles. The van der Waals surface area contributed by atoms with Gasteiger partial charge in [-0.15, -0.1) is 12.4 Å². The molecular formula is C15H16Cl3NO. The fraction of sp³-hybridized carbons (Fsp3) is 0.200. The van der Waals surface area contributed by atoms with Gasteiger partial charge in [0, 0.05) is 16.5 Å². The Labute approximate surface area is 134 Å². The molecule has 2 atom stereocenters. The second kappa shape index (κ2) is 7.87. The van der Waals surface area contributed by atoms with Crippen LogP contribution in [0.4, 0.5) is 0 Å². The van der Waals surface area contributed by atoms with E-state index in [1.54, 1.807) is 18.2 Å². The molecule has 2 aromatic rings. The molecule has 0 heterocycles. The van der Waals surface area contributed by atoms with Crippen molar-refractivity contribution in [2.24, 2.45) is 5.73 Å². The molecule has 0 aliphatic rings. The number of rotatable bonds is 4. The Morgan fingerprint density at radius 3 is 2.30 bits per heavy atom. The SMILES string of the molecule is Cl.N[C@H](c1ccc(Cl)cc1Cl)[C@@H](O)Cc1ccccc1. The molecule has 0 saturated heterocycles. The molecule has 2 rings (SSSR count). The smallest absolute Gasteiger partial charge is 0.0773 e. The number of aliphatic hydroxyl groups is 1. The first-order valence-electron chi connectivity index (χ1n) is 6.00. The van der Waals surface area contributed by atoms with Crippen LogP contribution in [0, 0.1) is 0 Å². The third-order valence-corrected chi connectivity index (χ3v) is 3.59. The number of benzene rings is 2. The summed E-state index contributed by atoms with van der Waals surface area (Å²) in [6.07, 6.45) is -0.206. The molecule has 5 heteroatoms. The van der Waals surface area contributed by atoms with Crippen LogP contribution in [0.1, 0.15) is 17.2 Å². The number of nitrogens with two attached hydrogens (primary N) is 1. The van der Waals surface area contributed by atoms with Gasteiger partial charge in [-0.2, -0.15) is 0 Å². The van der Waals surface area contributed by atoms with E-state index in [4.69, 9.17) is 28.9 Å². The van der Waals surface area contributed by atoms with E-state index in [0.29, 0.717) is 22.0 Å². The maximum Gasteiger partial charge on any atom is 0.0773 e. The van der Waals surface area contributed by atoms with Crippen LogP contribution in [0.5, 0.6) is 0 Å². The average molecular weight is 333 g/mol.